The van der Waals surface area contributed by atoms with Crippen molar-refractivity contribution in [3.8, 4) is 0 Å². The fourth-order valence-corrected chi connectivity index (χ4v) is 6.02. The quantitative estimate of drug-likeness (QED) is 0.365. The van der Waals surface area contributed by atoms with Crippen LogP contribution in [0.2, 0.25) is 10.0 Å². The number of carbonyl (C=O) groups is 1. The van der Waals surface area contributed by atoms with E-state index in [9.17, 15) is 35.2 Å². The molecule has 37 heavy (non-hydrogen) atoms. The molecule has 0 aromatic heterocycles. The molecule has 0 saturated heterocycles. The number of anilines is 1. The van der Waals surface area contributed by atoms with Crippen molar-refractivity contribution in [2.24, 2.45) is 0 Å². The Morgan fingerprint density at radius 3 is 2.49 bits per heavy atom. The molecule has 1 aliphatic heterocycles. The summed E-state index contributed by atoms with van der Waals surface area (Å²) in [5, 5.41) is 2.66. The summed E-state index contributed by atoms with van der Waals surface area (Å²) >= 11 is 12.1. The van der Waals surface area contributed by atoms with E-state index in [1.807, 2.05) is 0 Å². The predicted octanol–water partition coefficient (Wildman–Crippen LogP) is 6.22. The van der Waals surface area contributed by atoms with Crippen molar-refractivity contribution in [1.29, 1.82) is 0 Å². The SMILES string of the molecule is O=C(Cc1cccc(C(F)(F)F)c1F)Nc1c(Cl)ccc2c1CCN(S(=O)(=O)c1cc(Cl)ccc1F)C2. The zero-order chi connectivity index (χ0) is 27.1. The smallest absolute Gasteiger partial charge is 0.324 e. The van der Waals surface area contributed by atoms with Gasteiger partial charge in [-0.25, -0.2) is 17.2 Å². The van der Waals surface area contributed by atoms with E-state index >= 15 is 0 Å². The average Bonchev–Trinajstić information content (AvgIpc) is 2.82. The van der Waals surface area contributed by atoms with Crippen molar-refractivity contribution < 1.29 is 35.2 Å². The highest BCUT2D eigenvalue weighted by atomic mass is 35.5. The van der Waals surface area contributed by atoms with Crippen LogP contribution in [0.25, 0.3) is 0 Å². The molecule has 0 aliphatic carbocycles. The molecule has 1 amide bonds. The third-order valence-electron chi connectivity index (χ3n) is 5.83. The van der Waals surface area contributed by atoms with Crippen molar-refractivity contribution >= 4 is 44.8 Å². The van der Waals surface area contributed by atoms with Gasteiger partial charge in [-0.1, -0.05) is 41.4 Å². The number of hydrogen-bond acceptors (Lipinski definition) is 3. The number of nitrogens with zero attached hydrogens (tertiary/aromatic N) is 1. The third-order valence-corrected chi connectivity index (χ3v) is 8.24. The lowest BCUT2D eigenvalue weighted by Gasteiger charge is -2.30. The maximum absolute atomic E-state index is 14.3. The van der Waals surface area contributed by atoms with E-state index in [1.165, 1.54) is 12.1 Å². The Labute approximate surface area is 218 Å². The molecule has 1 N–H and O–H groups in total. The summed E-state index contributed by atoms with van der Waals surface area (Å²) in [5.74, 6) is -3.31. The van der Waals surface area contributed by atoms with Crippen LogP contribution in [0, 0.1) is 11.6 Å². The number of benzene rings is 3. The number of alkyl halides is 3. The second-order valence-electron chi connectivity index (χ2n) is 8.22. The second kappa shape index (κ2) is 10.2. The van der Waals surface area contributed by atoms with Crippen LogP contribution in [0.15, 0.2) is 53.4 Å². The first-order valence-corrected chi connectivity index (χ1v) is 12.9. The highest BCUT2D eigenvalue weighted by molar-refractivity contribution is 7.89. The summed E-state index contributed by atoms with van der Waals surface area (Å²) in [5.41, 5.74) is -0.812. The molecule has 3 aromatic rings. The van der Waals surface area contributed by atoms with Crippen LogP contribution in [0.4, 0.5) is 27.6 Å². The van der Waals surface area contributed by atoms with E-state index in [0.717, 1.165) is 28.6 Å². The van der Waals surface area contributed by atoms with Crippen molar-refractivity contribution in [2.75, 3.05) is 11.9 Å². The molecule has 0 spiro atoms. The zero-order valence-electron chi connectivity index (χ0n) is 18.7. The minimum absolute atomic E-state index is 0.0476. The molecule has 1 heterocycles. The van der Waals surface area contributed by atoms with Crippen molar-refractivity contribution in [3.05, 3.63) is 92.5 Å². The summed E-state index contributed by atoms with van der Waals surface area (Å²) in [6, 6.07) is 8.82. The van der Waals surface area contributed by atoms with Gasteiger partial charge in [0.25, 0.3) is 0 Å². The van der Waals surface area contributed by atoms with Gasteiger partial charge in [-0.2, -0.15) is 17.5 Å². The largest absolute Gasteiger partial charge is 0.419 e. The lowest BCUT2D eigenvalue weighted by atomic mass is 9.98. The Bertz CT molecular complexity index is 1500. The summed E-state index contributed by atoms with van der Waals surface area (Å²) < 4.78 is 94.7. The van der Waals surface area contributed by atoms with Gasteiger partial charge in [0, 0.05) is 18.1 Å². The van der Waals surface area contributed by atoms with Gasteiger partial charge in [-0.15, -0.1) is 0 Å². The van der Waals surface area contributed by atoms with Crippen molar-refractivity contribution in [3.63, 3.8) is 0 Å². The van der Waals surface area contributed by atoms with Gasteiger partial charge in [-0.3, -0.25) is 4.79 Å². The minimum Gasteiger partial charge on any atom is -0.324 e. The van der Waals surface area contributed by atoms with Crippen LogP contribution < -0.4 is 5.32 Å². The monoisotopic (exact) mass is 578 g/mol. The minimum atomic E-state index is -4.92. The van der Waals surface area contributed by atoms with Gasteiger partial charge < -0.3 is 5.32 Å². The number of sulfonamides is 1. The molecule has 3 aromatic carbocycles. The van der Waals surface area contributed by atoms with Crippen LogP contribution in [-0.2, 0) is 40.4 Å². The lowest BCUT2D eigenvalue weighted by Crippen LogP contribution is -2.36. The molecular formula is C24H17Cl2F5N2O3S. The number of fused-ring (bicyclic) bond motifs is 1. The molecule has 0 saturated carbocycles. The zero-order valence-corrected chi connectivity index (χ0v) is 21.0. The van der Waals surface area contributed by atoms with E-state index in [-0.39, 0.29) is 35.2 Å². The fraction of sp³-hybridized carbons (Fsp3) is 0.208. The highest BCUT2D eigenvalue weighted by Crippen LogP contribution is 2.36. The highest BCUT2D eigenvalue weighted by Gasteiger charge is 2.35. The van der Waals surface area contributed by atoms with Crippen molar-refractivity contribution in [2.45, 2.75) is 30.5 Å². The Morgan fingerprint density at radius 1 is 1.05 bits per heavy atom. The number of nitrogens with one attached hydrogen (secondary N) is 1. The molecule has 0 unspecified atom stereocenters. The van der Waals surface area contributed by atoms with E-state index in [1.54, 1.807) is 6.07 Å². The molecule has 0 fully saturated rings. The summed E-state index contributed by atoms with van der Waals surface area (Å²) in [4.78, 5) is 12.1. The number of amides is 1. The maximum atomic E-state index is 14.3. The Hall–Kier alpha value is -2.73. The average molecular weight is 579 g/mol. The van der Waals surface area contributed by atoms with E-state index < -0.39 is 56.2 Å². The van der Waals surface area contributed by atoms with Gasteiger partial charge in [0.15, 0.2) is 0 Å². The van der Waals surface area contributed by atoms with Gasteiger partial charge in [0.05, 0.1) is 22.7 Å². The Kier molecular flexibility index (Phi) is 7.53. The molecule has 0 bridgehead atoms. The number of rotatable bonds is 5. The summed E-state index contributed by atoms with van der Waals surface area (Å²) in [6.07, 6.45) is -5.52. The molecule has 5 nitrogen and oxygen atoms in total. The van der Waals surface area contributed by atoms with E-state index in [0.29, 0.717) is 17.2 Å². The van der Waals surface area contributed by atoms with E-state index in [2.05, 4.69) is 5.32 Å². The molecule has 1 aliphatic rings. The predicted molar refractivity (Wildman–Crippen MR) is 128 cm³/mol. The van der Waals surface area contributed by atoms with Gasteiger partial charge in [0.1, 0.15) is 16.5 Å². The first kappa shape index (κ1) is 27.3. The standard InChI is InChI=1S/C24H17Cl2F5N2O3S/c25-15-5-7-19(27)20(11-15)37(35,36)33-9-8-16-14(12-33)4-6-18(26)23(16)32-21(34)10-13-2-1-3-17(22(13)28)24(29,30)31/h1-7,11H,8-10,12H2,(H,32,34). The third kappa shape index (κ3) is 5.59. The first-order valence-electron chi connectivity index (χ1n) is 10.7. The number of halogens is 7. The second-order valence-corrected chi connectivity index (χ2v) is 11.0. The fourth-order valence-electron chi connectivity index (χ4n) is 4.05. The molecule has 0 atom stereocenters. The normalized spacial score (nSPS) is 14.4. The molecule has 4 rings (SSSR count). The maximum Gasteiger partial charge on any atom is 0.419 e. The molecule has 0 radical (unpaired) electrons. The van der Waals surface area contributed by atoms with E-state index in [4.69, 9.17) is 23.2 Å². The summed E-state index contributed by atoms with van der Waals surface area (Å²) in [7, 11) is -4.25. The lowest BCUT2D eigenvalue weighted by molar-refractivity contribution is -0.140. The van der Waals surface area contributed by atoms with Crippen molar-refractivity contribution in [1.82, 2.24) is 4.31 Å². The Morgan fingerprint density at radius 2 is 1.78 bits per heavy atom. The van der Waals surface area contributed by atoms with Gasteiger partial charge in [-0.05, 0) is 53.4 Å². The van der Waals surface area contributed by atoms with Gasteiger partial charge >= 0.3 is 6.18 Å². The topological polar surface area (TPSA) is 66.5 Å². The first-order chi connectivity index (χ1) is 17.3. The summed E-state index contributed by atoms with van der Waals surface area (Å²) in [6.45, 7) is -0.237. The Balaban J connectivity index is 1.57. The van der Waals surface area contributed by atoms with Crippen LogP contribution >= 0.6 is 23.2 Å². The van der Waals surface area contributed by atoms with Crippen LogP contribution in [0.5, 0.6) is 0 Å². The van der Waals surface area contributed by atoms with Gasteiger partial charge in [0.2, 0.25) is 15.9 Å². The molecular weight excluding hydrogens is 562 g/mol. The molecule has 196 valence electrons. The number of carbonyl (C=O) groups excluding carboxylic acids is 1. The van der Waals surface area contributed by atoms with Crippen LogP contribution in [-0.4, -0.2) is 25.2 Å². The molecule has 13 heteroatoms. The van der Waals surface area contributed by atoms with Crippen LogP contribution in [0.3, 0.4) is 0 Å². The van der Waals surface area contributed by atoms with Crippen LogP contribution in [0.1, 0.15) is 22.3 Å². The number of hydrogen-bond donors (Lipinski definition) is 1.